The van der Waals surface area contributed by atoms with Crippen molar-refractivity contribution in [3.05, 3.63) is 0 Å². The number of likely N-dealkylation sites (N-methyl/N-ethyl adjacent to an activating group) is 1. The first-order valence-corrected chi connectivity index (χ1v) is 7.64. The zero-order chi connectivity index (χ0) is 14.8. The molecule has 2 N–H and O–H groups in total. The van der Waals surface area contributed by atoms with E-state index in [0.29, 0.717) is 19.3 Å². The van der Waals surface area contributed by atoms with Crippen LogP contribution in [0, 0.1) is 0 Å². The van der Waals surface area contributed by atoms with E-state index in [1.807, 2.05) is 0 Å². The second-order valence-corrected chi connectivity index (χ2v) is 7.32. The van der Waals surface area contributed by atoms with E-state index < -0.39 is 27.8 Å². The highest BCUT2D eigenvalue weighted by Crippen LogP contribution is 2.26. The number of aliphatic hydroxyl groups excluding tert-OH is 1. The molecule has 0 amide bonds. The van der Waals surface area contributed by atoms with Crippen molar-refractivity contribution in [1.82, 2.24) is 8.61 Å². The predicted molar refractivity (Wildman–Crippen MR) is 69.8 cm³/mol. The number of nitrogens with zero attached hydrogens (tertiary/aromatic N) is 2. The first-order chi connectivity index (χ1) is 8.64. The standard InChI is InChI=1S/C11H22N2O5S/c1-11(2,8-14)12(3)19(17,18)13-7-5-4-6-9(13)10(15)16/h9,14H,4-8H2,1-3H3,(H,15,16). The molecule has 0 aromatic carbocycles. The first kappa shape index (κ1) is 16.4. The molecule has 1 fully saturated rings. The molecular formula is C11H22N2O5S. The average Bonchev–Trinajstić information content (AvgIpc) is 2.37. The number of carbonyl (C=O) groups is 1. The van der Waals surface area contributed by atoms with Crippen molar-refractivity contribution in [3.8, 4) is 0 Å². The molecule has 0 saturated carbocycles. The molecule has 1 heterocycles. The summed E-state index contributed by atoms with van der Waals surface area (Å²) < 4.78 is 27.0. The Bertz CT molecular complexity index is 434. The maximum Gasteiger partial charge on any atom is 0.322 e. The molecule has 1 saturated heterocycles. The summed E-state index contributed by atoms with van der Waals surface area (Å²) >= 11 is 0. The summed E-state index contributed by atoms with van der Waals surface area (Å²) in [6, 6.07) is -1.02. The van der Waals surface area contributed by atoms with Crippen molar-refractivity contribution < 1.29 is 23.4 Å². The van der Waals surface area contributed by atoms with Gasteiger partial charge in [-0.1, -0.05) is 0 Å². The van der Waals surface area contributed by atoms with Crippen LogP contribution in [-0.4, -0.2) is 65.0 Å². The number of hydrogen-bond acceptors (Lipinski definition) is 4. The molecule has 112 valence electrons. The van der Waals surface area contributed by atoms with E-state index in [2.05, 4.69) is 0 Å². The fraction of sp³-hybridized carbons (Fsp3) is 0.909. The van der Waals surface area contributed by atoms with Gasteiger partial charge in [0.2, 0.25) is 0 Å². The first-order valence-electron chi connectivity index (χ1n) is 6.24. The van der Waals surface area contributed by atoms with Gasteiger partial charge in [-0.2, -0.15) is 17.0 Å². The van der Waals surface area contributed by atoms with Crippen molar-refractivity contribution in [1.29, 1.82) is 0 Å². The monoisotopic (exact) mass is 294 g/mol. The second kappa shape index (κ2) is 5.74. The minimum absolute atomic E-state index is 0.200. The van der Waals surface area contributed by atoms with Crippen LogP contribution in [0.5, 0.6) is 0 Å². The lowest BCUT2D eigenvalue weighted by atomic mass is 10.1. The Morgan fingerprint density at radius 1 is 1.42 bits per heavy atom. The Kier molecular flexibility index (Phi) is 4.94. The highest BCUT2D eigenvalue weighted by molar-refractivity contribution is 7.86. The van der Waals surface area contributed by atoms with Crippen molar-refractivity contribution in [2.45, 2.75) is 44.7 Å². The van der Waals surface area contributed by atoms with Crippen molar-refractivity contribution >= 4 is 16.2 Å². The van der Waals surface area contributed by atoms with E-state index in [1.54, 1.807) is 13.8 Å². The molecule has 1 aliphatic rings. The Hall–Kier alpha value is -0.700. The largest absolute Gasteiger partial charge is 0.480 e. The molecule has 1 rings (SSSR count). The van der Waals surface area contributed by atoms with Gasteiger partial charge in [0, 0.05) is 13.6 Å². The summed E-state index contributed by atoms with van der Waals surface area (Å²) in [6.45, 7) is 3.04. The average molecular weight is 294 g/mol. The van der Waals surface area contributed by atoms with E-state index in [0.717, 1.165) is 8.61 Å². The number of carboxylic acids is 1. The van der Waals surface area contributed by atoms with Crippen LogP contribution >= 0.6 is 0 Å². The van der Waals surface area contributed by atoms with Crippen LogP contribution in [0.4, 0.5) is 0 Å². The van der Waals surface area contributed by atoms with Gasteiger partial charge in [-0.3, -0.25) is 4.79 Å². The minimum atomic E-state index is -3.90. The predicted octanol–water partition coefficient (Wildman–Crippen LogP) is -0.127. The van der Waals surface area contributed by atoms with Gasteiger partial charge in [-0.05, 0) is 33.1 Å². The highest BCUT2D eigenvalue weighted by Gasteiger charge is 2.42. The quantitative estimate of drug-likeness (QED) is 0.736. The number of hydrogen-bond donors (Lipinski definition) is 2. The fourth-order valence-corrected chi connectivity index (χ4v) is 3.87. The normalized spacial score (nSPS) is 22.7. The lowest BCUT2D eigenvalue weighted by Gasteiger charge is -2.40. The molecule has 1 atom stereocenters. The Morgan fingerprint density at radius 3 is 2.47 bits per heavy atom. The maximum atomic E-state index is 12.5. The van der Waals surface area contributed by atoms with Gasteiger partial charge < -0.3 is 10.2 Å². The summed E-state index contributed by atoms with van der Waals surface area (Å²) in [5.41, 5.74) is -0.973. The molecular weight excluding hydrogens is 272 g/mol. The smallest absolute Gasteiger partial charge is 0.322 e. The summed E-state index contributed by atoms with van der Waals surface area (Å²) in [6.07, 6.45) is 1.68. The lowest BCUT2D eigenvalue weighted by Crippen LogP contribution is -2.58. The van der Waals surface area contributed by atoms with Gasteiger partial charge in [0.25, 0.3) is 10.2 Å². The topological polar surface area (TPSA) is 98.2 Å². The number of carboxylic acid groups (broad SMARTS) is 1. The molecule has 0 bridgehead atoms. The maximum absolute atomic E-state index is 12.5. The van der Waals surface area contributed by atoms with Gasteiger partial charge in [0.15, 0.2) is 0 Å². The third kappa shape index (κ3) is 3.25. The van der Waals surface area contributed by atoms with Crippen LogP contribution in [-0.2, 0) is 15.0 Å². The Balaban J connectivity index is 3.07. The third-order valence-corrected chi connectivity index (χ3v) is 5.84. The second-order valence-electron chi connectivity index (χ2n) is 5.41. The number of piperidine rings is 1. The molecule has 0 spiro atoms. The van der Waals surface area contributed by atoms with Gasteiger partial charge in [-0.25, -0.2) is 0 Å². The zero-order valence-corrected chi connectivity index (χ0v) is 12.4. The number of aliphatic hydroxyl groups is 1. The van der Waals surface area contributed by atoms with Crippen LogP contribution in [0.3, 0.4) is 0 Å². The third-order valence-electron chi connectivity index (χ3n) is 3.62. The lowest BCUT2D eigenvalue weighted by molar-refractivity contribution is -0.142. The van der Waals surface area contributed by atoms with Gasteiger partial charge in [0.1, 0.15) is 6.04 Å². The van der Waals surface area contributed by atoms with Crippen LogP contribution < -0.4 is 0 Å². The minimum Gasteiger partial charge on any atom is -0.480 e. The molecule has 0 radical (unpaired) electrons. The SMILES string of the molecule is CN(C(C)(C)CO)S(=O)(=O)N1CCCCC1C(=O)O. The molecule has 19 heavy (non-hydrogen) atoms. The van der Waals surface area contributed by atoms with Crippen LogP contribution in [0.25, 0.3) is 0 Å². The number of rotatable bonds is 5. The highest BCUT2D eigenvalue weighted by atomic mass is 32.2. The molecule has 0 aromatic rings. The van der Waals surface area contributed by atoms with E-state index >= 15 is 0 Å². The van der Waals surface area contributed by atoms with Gasteiger partial charge in [0.05, 0.1) is 12.1 Å². The molecule has 1 unspecified atom stereocenters. The fourth-order valence-electron chi connectivity index (χ4n) is 2.00. The Labute approximate surface area is 114 Å². The van der Waals surface area contributed by atoms with E-state index in [-0.39, 0.29) is 13.2 Å². The van der Waals surface area contributed by atoms with Crippen LogP contribution in [0.2, 0.25) is 0 Å². The van der Waals surface area contributed by atoms with Crippen molar-refractivity contribution in [3.63, 3.8) is 0 Å². The molecule has 1 aliphatic heterocycles. The Morgan fingerprint density at radius 2 is 2.00 bits per heavy atom. The zero-order valence-electron chi connectivity index (χ0n) is 11.5. The van der Waals surface area contributed by atoms with E-state index in [9.17, 15) is 18.3 Å². The molecule has 8 heteroatoms. The van der Waals surface area contributed by atoms with E-state index in [4.69, 9.17) is 5.11 Å². The van der Waals surface area contributed by atoms with Crippen molar-refractivity contribution in [2.24, 2.45) is 0 Å². The summed E-state index contributed by atoms with van der Waals surface area (Å²) in [7, 11) is -2.54. The molecule has 0 aromatic heterocycles. The van der Waals surface area contributed by atoms with Crippen LogP contribution in [0.15, 0.2) is 0 Å². The van der Waals surface area contributed by atoms with Gasteiger partial charge in [-0.15, -0.1) is 0 Å². The molecule has 7 nitrogen and oxygen atoms in total. The summed E-state index contributed by atoms with van der Waals surface area (Å²) in [5.74, 6) is -1.13. The molecule has 0 aliphatic carbocycles. The summed E-state index contributed by atoms with van der Waals surface area (Å²) in [4.78, 5) is 11.2. The summed E-state index contributed by atoms with van der Waals surface area (Å²) in [5, 5.41) is 18.4. The van der Waals surface area contributed by atoms with Gasteiger partial charge >= 0.3 is 5.97 Å². The van der Waals surface area contributed by atoms with Crippen molar-refractivity contribution in [2.75, 3.05) is 20.2 Å². The van der Waals surface area contributed by atoms with E-state index in [1.165, 1.54) is 7.05 Å². The number of aliphatic carboxylic acids is 1. The van der Waals surface area contributed by atoms with Crippen LogP contribution in [0.1, 0.15) is 33.1 Å².